The Balaban J connectivity index is 1.59. The highest BCUT2D eigenvalue weighted by Gasteiger charge is 2.30. The normalized spacial score (nSPS) is 12.6. The van der Waals surface area contributed by atoms with E-state index in [1.807, 2.05) is 72.8 Å². The standard InChI is InChI=1S/C34H31ClFN3O3/c1-2-6-27(22-9-11-24(12-10-22)34(42)37-18-17-30(40)41)31(23-13-15-26(35)16-14-23)33-28-19-25(21-7-4-3-5-8-21)20-29(36)32(28)38-39-33/h3-5,7-16,19-20,27,31H,2,6,17-18H2,1H3,(H,37,42)(H,38,39)(H,40,41). The minimum atomic E-state index is -0.969. The van der Waals surface area contributed by atoms with Gasteiger partial charge in [-0.3, -0.25) is 14.7 Å². The fourth-order valence-electron chi connectivity index (χ4n) is 5.50. The molecular weight excluding hydrogens is 553 g/mol. The van der Waals surface area contributed by atoms with E-state index in [4.69, 9.17) is 16.7 Å². The van der Waals surface area contributed by atoms with E-state index in [1.54, 1.807) is 12.1 Å². The largest absolute Gasteiger partial charge is 0.481 e. The molecule has 2 unspecified atom stereocenters. The van der Waals surface area contributed by atoms with Crippen molar-refractivity contribution in [2.24, 2.45) is 0 Å². The maximum absolute atomic E-state index is 15.4. The van der Waals surface area contributed by atoms with Crippen LogP contribution in [0.15, 0.2) is 91.0 Å². The number of rotatable bonds is 11. The van der Waals surface area contributed by atoms with Crippen molar-refractivity contribution in [3.63, 3.8) is 0 Å². The van der Waals surface area contributed by atoms with Gasteiger partial charge in [-0.05, 0) is 71.0 Å². The Morgan fingerprint density at radius 1 is 0.952 bits per heavy atom. The van der Waals surface area contributed by atoms with Crippen molar-refractivity contribution in [3.8, 4) is 11.1 Å². The van der Waals surface area contributed by atoms with Crippen molar-refractivity contribution in [2.45, 2.75) is 38.0 Å². The monoisotopic (exact) mass is 583 g/mol. The van der Waals surface area contributed by atoms with E-state index in [-0.39, 0.29) is 36.2 Å². The lowest BCUT2D eigenvalue weighted by Crippen LogP contribution is -2.26. The number of aromatic nitrogens is 2. The van der Waals surface area contributed by atoms with Crippen LogP contribution in [0.4, 0.5) is 4.39 Å². The van der Waals surface area contributed by atoms with Gasteiger partial charge in [0.1, 0.15) is 5.52 Å². The average Bonchev–Trinajstić information content (AvgIpc) is 3.42. The number of aliphatic carboxylic acids is 1. The first-order chi connectivity index (χ1) is 20.4. The molecule has 0 saturated carbocycles. The quantitative estimate of drug-likeness (QED) is 0.147. The van der Waals surface area contributed by atoms with Crippen LogP contribution < -0.4 is 5.32 Å². The molecule has 0 bridgehead atoms. The van der Waals surface area contributed by atoms with Crippen LogP contribution in [-0.2, 0) is 4.79 Å². The number of hydrogen-bond donors (Lipinski definition) is 3. The second-order valence-corrected chi connectivity index (χ2v) is 10.7. The van der Waals surface area contributed by atoms with Crippen LogP contribution in [0.2, 0.25) is 5.02 Å². The highest BCUT2D eigenvalue weighted by Crippen LogP contribution is 2.44. The van der Waals surface area contributed by atoms with Gasteiger partial charge in [-0.15, -0.1) is 0 Å². The van der Waals surface area contributed by atoms with E-state index in [1.165, 1.54) is 6.07 Å². The molecule has 1 aromatic heterocycles. The number of H-pyrrole nitrogens is 1. The number of hydrogen-bond acceptors (Lipinski definition) is 3. The molecule has 8 heteroatoms. The molecule has 42 heavy (non-hydrogen) atoms. The van der Waals surface area contributed by atoms with Crippen molar-refractivity contribution >= 4 is 34.4 Å². The van der Waals surface area contributed by atoms with Crippen molar-refractivity contribution in [2.75, 3.05) is 6.54 Å². The lowest BCUT2D eigenvalue weighted by atomic mass is 9.76. The number of carboxylic acid groups (broad SMARTS) is 1. The molecule has 2 atom stereocenters. The molecule has 1 amide bonds. The summed E-state index contributed by atoms with van der Waals surface area (Å²) < 4.78 is 15.4. The van der Waals surface area contributed by atoms with Gasteiger partial charge in [0.15, 0.2) is 5.82 Å². The molecule has 214 valence electrons. The second-order valence-electron chi connectivity index (χ2n) is 10.3. The molecule has 0 radical (unpaired) electrons. The zero-order chi connectivity index (χ0) is 29.6. The summed E-state index contributed by atoms with van der Waals surface area (Å²) in [5.41, 5.74) is 5.24. The molecule has 0 saturated heterocycles. The molecule has 5 aromatic rings. The van der Waals surface area contributed by atoms with Gasteiger partial charge < -0.3 is 10.4 Å². The highest BCUT2D eigenvalue weighted by molar-refractivity contribution is 6.30. The number of halogens is 2. The van der Waals surface area contributed by atoms with Crippen LogP contribution in [0.25, 0.3) is 22.0 Å². The number of carbonyl (C=O) groups is 2. The van der Waals surface area contributed by atoms with Gasteiger partial charge in [0, 0.05) is 28.4 Å². The van der Waals surface area contributed by atoms with Gasteiger partial charge in [0.05, 0.1) is 12.1 Å². The van der Waals surface area contributed by atoms with Crippen LogP contribution in [-0.4, -0.2) is 33.7 Å². The third-order valence-corrected chi connectivity index (χ3v) is 7.77. The lowest BCUT2D eigenvalue weighted by molar-refractivity contribution is -0.136. The molecule has 0 aliphatic heterocycles. The molecule has 0 aliphatic rings. The van der Waals surface area contributed by atoms with E-state index < -0.39 is 11.8 Å². The van der Waals surface area contributed by atoms with Gasteiger partial charge >= 0.3 is 5.97 Å². The minimum absolute atomic E-state index is 0.0348. The predicted octanol–water partition coefficient (Wildman–Crippen LogP) is 7.94. The molecule has 0 fully saturated rings. The number of carbonyl (C=O) groups excluding carboxylic acids is 1. The first-order valence-corrected chi connectivity index (χ1v) is 14.3. The molecule has 0 aliphatic carbocycles. The van der Waals surface area contributed by atoms with E-state index in [0.29, 0.717) is 16.0 Å². The van der Waals surface area contributed by atoms with Crippen LogP contribution >= 0.6 is 11.6 Å². The predicted molar refractivity (Wildman–Crippen MR) is 163 cm³/mol. The third-order valence-electron chi connectivity index (χ3n) is 7.52. The van der Waals surface area contributed by atoms with Gasteiger partial charge in [-0.25, -0.2) is 4.39 Å². The Morgan fingerprint density at radius 2 is 1.64 bits per heavy atom. The second kappa shape index (κ2) is 13.0. The van der Waals surface area contributed by atoms with Crippen molar-refractivity contribution in [3.05, 3.63) is 124 Å². The number of amides is 1. The maximum atomic E-state index is 15.4. The average molecular weight is 584 g/mol. The third kappa shape index (κ3) is 6.37. The molecule has 0 spiro atoms. The molecule has 3 N–H and O–H groups in total. The van der Waals surface area contributed by atoms with Gasteiger partial charge in [0.2, 0.25) is 0 Å². The van der Waals surface area contributed by atoms with Crippen LogP contribution in [0.5, 0.6) is 0 Å². The van der Waals surface area contributed by atoms with Crippen molar-refractivity contribution < 1.29 is 19.1 Å². The number of nitrogens with zero attached hydrogens (tertiary/aromatic N) is 1. The molecule has 1 heterocycles. The SMILES string of the molecule is CCCC(c1ccc(C(=O)NCCC(=O)O)cc1)C(c1ccc(Cl)cc1)c1[nH]nc2c(F)cc(-c3ccccc3)cc12. The summed E-state index contributed by atoms with van der Waals surface area (Å²) in [6.45, 7) is 2.18. The first kappa shape index (κ1) is 29.0. The Labute approximate surface area is 248 Å². The summed E-state index contributed by atoms with van der Waals surface area (Å²) in [5.74, 6) is -1.94. The summed E-state index contributed by atoms with van der Waals surface area (Å²) in [7, 11) is 0. The maximum Gasteiger partial charge on any atom is 0.305 e. The summed E-state index contributed by atoms with van der Waals surface area (Å²) in [4.78, 5) is 23.4. The highest BCUT2D eigenvalue weighted by atomic mass is 35.5. The number of nitrogens with one attached hydrogen (secondary N) is 2. The Bertz CT molecular complexity index is 1690. The fourth-order valence-corrected chi connectivity index (χ4v) is 5.63. The van der Waals surface area contributed by atoms with Gasteiger partial charge in [-0.2, -0.15) is 5.10 Å². The minimum Gasteiger partial charge on any atom is -0.481 e. The molecule has 5 rings (SSSR count). The first-order valence-electron chi connectivity index (χ1n) is 13.9. The Kier molecular flexibility index (Phi) is 8.98. The number of benzene rings is 4. The summed E-state index contributed by atoms with van der Waals surface area (Å²) in [6, 6.07) is 28.3. The number of carboxylic acids is 1. The zero-order valence-electron chi connectivity index (χ0n) is 23.1. The smallest absolute Gasteiger partial charge is 0.305 e. The topological polar surface area (TPSA) is 95.1 Å². The Hall–Kier alpha value is -4.49. The van der Waals surface area contributed by atoms with Crippen LogP contribution in [0, 0.1) is 5.82 Å². The van der Waals surface area contributed by atoms with Crippen molar-refractivity contribution in [1.29, 1.82) is 0 Å². The molecule has 4 aromatic carbocycles. The van der Waals surface area contributed by atoms with E-state index in [0.717, 1.165) is 40.8 Å². The van der Waals surface area contributed by atoms with Gasteiger partial charge in [-0.1, -0.05) is 79.5 Å². The van der Waals surface area contributed by atoms with Crippen molar-refractivity contribution in [1.82, 2.24) is 15.5 Å². The summed E-state index contributed by atoms with van der Waals surface area (Å²) >= 11 is 6.26. The van der Waals surface area contributed by atoms with E-state index >= 15 is 4.39 Å². The van der Waals surface area contributed by atoms with E-state index in [9.17, 15) is 9.59 Å². The Morgan fingerprint density at radius 3 is 2.31 bits per heavy atom. The van der Waals surface area contributed by atoms with Gasteiger partial charge in [0.25, 0.3) is 5.91 Å². The zero-order valence-corrected chi connectivity index (χ0v) is 23.9. The lowest BCUT2D eigenvalue weighted by Gasteiger charge is -2.28. The molecular formula is C34H31ClFN3O3. The fraction of sp³-hybridized carbons (Fsp3) is 0.206. The summed E-state index contributed by atoms with van der Waals surface area (Å²) in [5, 5.41) is 20.4. The van der Waals surface area contributed by atoms with Crippen LogP contribution in [0.1, 0.15) is 65.2 Å². The number of fused-ring (bicyclic) bond motifs is 1. The number of aromatic amines is 1. The summed E-state index contributed by atoms with van der Waals surface area (Å²) in [6.07, 6.45) is 1.57. The molecule has 6 nitrogen and oxygen atoms in total. The van der Waals surface area contributed by atoms with E-state index in [2.05, 4.69) is 22.4 Å². The van der Waals surface area contributed by atoms with Crippen LogP contribution in [0.3, 0.4) is 0 Å².